The van der Waals surface area contributed by atoms with Gasteiger partial charge in [0.25, 0.3) is 0 Å². The molecule has 45 heavy (non-hydrogen) atoms. The largest absolute Gasteiger partial charge is 0.453 e. The molecule has 0 aliphatic carbocycles. The molecule has 0 fully saturated rings. The lowest BCUT2D eigenvalue weighted by molar-refractivity contribution is 0.667. The molecule has 0 unspecified atom stereocenters. The maximum atomic E-state index is 6.93. The lowest BCUT2D eigenvalue weighted by Gasteiger charge is -2.10. The second kappa shape index (κ2) is 9.22. The summed E-state index contributed by atoms with van der Waals surface area (Å²) in [5, 5.41) is 7.23. The molecule has 0 spiro atoms. The van der Waals surface area contributed by atoms with Crippen molar-refractivity contribution < 1.29 is 4.42 Å². The zero-order valence-corrected chi connectivity index (χ0v) is 24.3. The van der Waals surface area contributed by atoms with E-state index in [1.807, 2.05) is 0 Å². The summed E-state index contributed by atoms with van der Waals surface area (Å²) >= 11 is 0. The first kappa shape index (κ1) is 24.4. The maximum absolute atomic E-state index is 6.93. The van der Waals surface area contributed by atoms with E-state index in [2.05, 4.69) is 167 Å². The molecule has 0 bridgehead atoms. The molecular weight excluding hydrogens is 548 g/mol. The van der Waals surface area contributed by atoms with Gasteiger partial charge in [-0.15, -0.1) is 0 Å². The van der Waals surface area contributed by atoms with Gasteiger partial charge in [0.1, 0.15) is 5.58 Å². The van der Waals surface area contributed by atoms with Crippen molar-refractivity contribution in [1.29, 1.82) is 0 Å². The van der Waals surface area contributed by atoms with Crippen LogP contribution in [0.1, 0.15) is 0 Å². The van der Waals surface area contributed by atoms with Crippen molar-refractivity contribution in [2.24, 2.45) is 0 Å². The van der Waals surface area contributed by atoms with Gasteiger partial charge in [-0.25, -0.2) is 0 Å². The van der Waals surface area contributed by atoms with E-state index in [1.165, 1.54) is 43.6 Å². The topological polar surface area (TPSA) is 23.0 Å². The fourth-order valence-corrected chi connectivity index (χ4v) is 7.40. The van der Waals surface area contributed by atoms with Gasteiger partial charge >= 0.3 is 0 Å². The molecule has 3 nitrogen and oxygen atoms in total. The monoisotopic (exact) mass is 574 g/mol. The van der Waals surface area contributed by atoms with Gasteiger partial charge in [0.15, 0.2) is 5.58 Å². The van der Waals surface area contributed by atoms with E-state index in [9.17, 15) is 0 Å². The summed E-state index contributed by atoms with van der Waals surface area (Å²) < 4.78 is 11.6. The minimum atomic E-state index is 0.894. The normalized spacial score (nSPS) is 12.0. The van der Waals surface area contributed by atoms with Crippen LogP contribution in [0, 0.1) is 0 Å². The van der Waals surface area contributed by atoms with Crippen LogP contribution in [0.2, 0.25) is 0 Å². The number of furan rings is 1. The summed E-state index contributed by atoms with van der Waals surface area (Å²) in [6.45, 7) is 0. The third-order valence-corrected chi connectivity index (χ3v) is 9.32. The number of benzene rings is 7. The lowest BCUT2D eigenvalue weighted by atomic mass is 10.0. The highest BCUT2D eigenvalue weighted by Crippen LogP contribution is 2.41. The molecule has 0 aliphatic heterocycles. The summed E-state index contributed by atoms with van der Waals surface area (Å²) in [6.07, 6.45) is 0. The second-order valence-corrected chi connectivity index (χ2v) is 11.7. The van der Waals surface area contributed by atoms with Crippen LogP contribution >= 0.6 is 0 Å². The predicted octanol–water partition coefficient (Wildman–Crippen LogP) is 11.4. The average molecular weight is 575 g/mol. The Morgan fingerprint density at radius 3 is 1.42 bits per heavy atom. The average Bonchev–Trinajstić information content (AvgIpc) is 3.76. The number of hydrogen-bond acceptors (Lipinski definition) is 1. The summed E-state index contributed by atoms with van der Waals surface area (Å²) in [5.74, 6) is 0. The molecule has 0 aliphatic rings. The van der Waals surface area contributed by atoms with E-state index in [0.717, 1.165) is 44.4 Å². The van der Waals surface area contributed by atoms with Gasteiger partial charge in [-0.1, -0.05) is 115 Å². The van der Waals surface area contributed by atoms with Gasteiger partial charge in [0, 0.05) is 43.6 Å². The number of aromatic nitrogens is 2. The van der Waals surface area contributed by atoms with Crippen LogP contribution in [0.15, 0.2) is 162 Å². The van der Waals surface area contributed by atoms with Crippen molar-refractivity contribution in [1.82, 2.24) is 9.13 Å². The van der Waals surface area contributed by atoms with Crippen LogP contribution in [-0.2, 0) is 0 Å². The van der Waals surface area contributed by atoms with E-state index in [4.69, 9.17) is 4.42 Å². The fourth-order valence-electron chi connectivity index (χ4n) is 7.40. The highest BCUT2D eigenvalue weighted by molar-refractivity contribution is 6.14. The maximum Gasteiger partial charge on any atom is 0.159 e. The Balaban J connectivity index is 1.21. The van der Waals surface area contributed by atoms with Crippen LogP contribution in [0.25, 0.3) is 88.1 Å². The van der Waals surface area contributed by atoms with E-state index in [-0.39, 0.29) is 0 Å². The molecule has 0 saturated heterocycles. The summed E-state index contributed by atoms with van der Waals surface area (Å²) in [5.41, 5.74) is 10.9. The molecule has 7 aromatic carbocycles. The van der Waals surface area contributed by atoms with Gasteiger partial charge in [0.05, 0.1) is 27.8 Å². The van der Waals surface area contributed by atoms with Gasteiger partial charge < -0.3 is 13.6 Å². The molecule has 10 rings (SSSR count). The Morgan fingerprint density at radius 1 is 0.356 bits per heavy atom. The molecule has 0 saturated carbocycles. The summed E-state index contributed by atoms with van der Waals surface area (Å²) in [4.78, 5) is 0. The highest BCUT2D eigenvalue weighted by Gasteiger charge is 2.19. The number of fused-ring (bicyclic) bond motifs is 9. The van der Waals surface area contributed by atoms with Crippen molar-refractivity contribution in [2.45, 2.75) is 0 Å². The molecule has 3 heterocycles. The van der Waals surface area contributed by atoms with Crippen LogP contribution in [0.5, 0.6) is 0 Å². The molecule has 210 valence electrons. The van der Waals surface area contributed by atoms with Crippen molar-refractivity contribution in [3.8, 4) is 22.5 Å². The van der Waals surface area contributed by atoms with Gasteiger partial charge in [-0.3, -0.25) is 0 Å². The quantitative estimate of drug-likeness (QED) is 0.206. The molecule has 0 N–H and O–H groups in total. The molecule has 3 aromatic heterocycles. The first-order chi connectivity index (χ1) is 22.3. The Bertz CT molecular complexity index is 2670. The van der Waals surface area contributed by atoms with Crippen LogP contribution in [0.4, 0.5) is 0 Å². The summed E-state index contributed by atoms with van der Waals surface area (Å²) in [6, 6.07) is 56.4. The van der Waals surface area contributed by atoms with Crippen molar-refractivity contribution >= 4 is 65.6 Å². The summed E-state index contributed by atoms with van der Waals surface area (Å²) in [7, 11) is 0. The second-order valence-electron chi connectivity index (χ2n) is 11.7. The minimum Gasteiger partial charge on any atom is -0.453 e. The van der Waals surface area contributed by atoms with E-state index >= 15 is 0 Å². The zero-order chi connectivity index (χ0) is 29.5. The van der Waals surface area contributed by atoms with Crippen molar-refractivity contribution in [3.05, 3.63) is 158 Å². The SMILES string of the molecule is c1cc(-c2cccc3c2oc2c(-n4c5ccccc5c5ccccc54)cccc23)cc(-n2c3ccccc3c3ccccc32)c1. The number of hydrogen-bond donors (Lipinski definition) is 0. The molecule has 0 atom stereocenters. The Morgan fingerprint density at radius 2 is 0.822 bits per heavy atom. The lowest BCUT2D eigenvalue weighted by Crippen LogP contribution is -1.94. The van der Waals surface area contributed by atoms with E-state index in [1.54, 1.807) is 0 Å². The fraction of sp³-hybridized carbons (Fsp3) is 0. The first-order valence-corrected chi connectivity index (χ1v) is 15.4. The van der Waals surface area contributed by atoms with E-state index < -0.39 is 0 Å². The van der Waals surface area contributed by atoms with Gasteiger partial charge in [0.2, 0.25) is 0 Å². The minimum absolute atomic E-state index is 0.894. The van der Waals surface area contributed by atoms with Gasteiger partial charge in [-0.2, -0.15) is 0 Å². The molecule has 0 radical (unpaired) electrons. The van der Waals surface area contributed by atoms with E-state index in [0.29, 0.717) is 0 Å². The molecule has 0 amide bonds. The third-order valence-electron chi connectivity index (χ3n) is 9.32. The Hall–Kier alpha value is -6.06. The molecular formula is C42H26N2O. The third kappa shape index (κ3) is 3.41. The Labute approximate surface area is 258 Å². The van der Waals surface area contributed by atoms with Gasteiger partial charge in [-0.05, 0) is 48.0 Å². The Kier molecular flexibility index (Phi) is 5.00. The smallest absolute Gasteiger partial charge is 0.159 e. The number of para-hydroxylation sites is 6. The predicted molar refractivity (Wildman–Crippen MR) is 188 cm³/mol. The standard InChI is InChI=1S/C42H26N2O/c1-5-21-36-30(14-1)31-15-2-6-22-37(31)43(36)28-13-9-12-27(26-28)29-18-10-19-34-35-20-11-25-40(42(35)45-41(29)34)44-38-23-7-3-16-32(38)33-17-4-8-24-39(33)44/h1-26H. The zero-order valence-electron chi connectivity index (χ0n) is 24.3. The highest BCUT2D eigenvalue weighted by atomic mass is 16.3. The van der Waals surface area contributed by atoms with Crippen molar-refractivity contribution in [3.63, 3.8) is 0 Å². The number of nitrogens with zero attached hydrogens (tertiary/aromatic N) is 2. The van der Waals surface area contributed by atoms with Crippen LogP contribution < -0.4 is 0 Å². The molecule has 3 heteroatoms. The van der Waals surface area contributed by atoms with Crippen LogP contribution in [0.3, 0.4) is 0 Å². The number of rotatable bonds is 3. The molecule has 10 aromatic rings. The van der Waals surface area contributed by atoms with Crippen molar-refractivity contribution in [2.75, 3.05) is 0 Å². The first-order valence-electron chi connectivity index (χ1n) is 15.4. The van der Waals surface area contributed by atoms with Crippen LogP contribution in [-0.4, -0.2) is 9.13 Å².